The van der Waals surface area contributed by atoms with E-state index in [1.165, 1.54) is 38.4 Å². The van der Waals surface area contributed by atoms with Gasteiger partial charge in [0.05, 0.1) is 25.3 Å². The lowest BCUT2D eigenvalue weighted by Crippen LogP contribution is -2.20. The molecule has 0 fully saturated rings. The Labute approximate surface area is 159 Å². The van der Waals surface area contributed by atoms with Gasteiger partial charge in [-0.15, -0.1) is 0 Å². The van der Waals surface area contributed by atoms with E-state index in [2.05, 4.69) is 10.5 Å². The van der Waals surface area contributed by atoms with E-state index >= 15 is 0 Å². The molecule has 9 heteroatoms. The second kappa shape index (κ2) is 9.03. The van der Waals surface area contributed by atoms with Crippen LogP contribution >= 0.6 is 0 Å². The lowest BCUT2D eigenvalue weighted by atomic mass is 10.1. The molecule has 148 valence electrons. The second-order valence-electron chi connectivity index (χ2n) is 5.67. The van der Waals surface area contributed by atoms with Gasteiger partial charge in [-0.2, -0.15) is 18.3 Å². The highest BCUT2D eigenvalue weighted by atomic mass is 19.4. The number of hydrazone groups is 1. The van der Waals surface area contributed by atoms with Crippen LogP contribution in [0, 0.1) is 0 Å². The molecule has 0 bridgehead atoms. The standard InChI is InChI=1S/C19H17F3N2O4/c1-12(25)28-16-7-6-14(9-17(16)27-2)11-23-24-18(26)10-13-4-3-5-15(8-13)19(20,21)22/h3-9,11H,10H2,1-2H3,(H,24,26)/b23-11+. The molecular formula is C19H17F3N2O4. The maximum absolute atomic E-state index is 12.7. The molecule has 2 rings (SSSR count). The molecule has 28 heavy (non-hydrogen) atoms. The summed E-state index contributed by atoms with van der Waals surface area (Å²) in [5.41, 5.74) is 2.19. The molecule has 0 unspecified atom stereocenters. The Morgan fingerprint density at radius 1 is 1.14 bits per heavy atom. The SMILES string of the molecule is COc1cc(/C=N/NC(=O)Cc2cccc(C(F)(F)F)c2)ccc1OC(C)=O. The van der Waals surface area contributed by atoms with Gasteiger partial charge in [0.25, 0.3) is 0 Å². The minimum atomic E-state index is -4.47. The highest BCUT2D eigenvalue weighted by Gasteiger charge is 2.30. The number of hydrogen-bond donors (Lipinski definition) is 1. The number of halogens is 3. The molecule has 0 aliphatic heterocycles. The molecule has 0 aliphatic rings. The first-order valence-electron chi connectivity index (χ1n) is 8.03. The van der Waals surface area contributed by atoms with Crippen molar-refractivity contribution in [3.05, 3.63) is 59.2 Å². The lowest BCUT2D eigenvalue weighted by Gasteiger charge is -2.08. The first-order valence-corrected chi connectivity index (χ1v) is 8.03. The van der Waals surface area contributed by atoms with Gasteiger partial charge < -0.3 is 9.47 Å². The average molecular weight is 394 g/mol. The van der Waals surface area contributed by atoms with Crippen molar-refractivity contribution in [2.24, 2.45) is 5.10 Å². The van der Waals surface area contributed by atoms with Crippen molar-refractivity contribution in [3.8, 4) is 11.5 Å². The second-order valence-corrected chi connectivity index (χ2v) is 5.67. The van der Waals surface area contributed by atoms with Crippen LogP contribution in [0.2, 0.25) is 0 Å². The fourth-order valence-corrected chi connectivity index (χ4v) is 2.26. The maximum atomic E-state index is 12.7. The van der Waals surface area contributed by atoms with Crippen molar-refractivity contribution in [1.29, 1.82) is 0 Å². The molecular weight excluding hydrogens is 377 g/mol. The minimum absolute atomic E-state index is 0.218. The quantitative estimate of drug-likeness (QED) is 0.353. The summed E-state index contributed by atoms with van der Waals surface area (Å²) >= 11 is 0. The number of benzene rings is 2. The largest absolute Gasteiger partial charge is 0.493 e. The van der Waals surface area contributed by atoms with E-state index in [1.54, 1.807) is 12.1 Å². The van der Waals surface area contributed by atoms with Gasteiger partial charge in [-0.05, 0) is 35.4 Å². The van der Waals surface area contributed by atoms with Crippen LogP contribution in [0.3, 0.4) is 0 Å². The van der Waals surface area contributed by atoms with Crippen molar-refractivity contribution in [2.45, 2.75) is 19.5 Å². The molecule has 0 aromatic heterocycles. The predicted octanol–water partition coefficient (Wildman–Crippen LogP) is 3.33. The third kappa shape index (κ3) is 6.11. The zero-order valence-electron chi connectivity index (χ0n) is 15.0. The number of esters is 1. The number of amides is 1. The minimum Gasteiger partial charge on any atom is -0.493 e. The number of hydrogen-bond acceptors (Lipinski definition) is 5. The number of rotatable bonds is 6. The van der Waals surface area contributed by atoms with E-state index in [0.29, 0.717) is 11.3 Å². The Balaban J connectivity index is 1.99. The normalized spacial score (nSPS) is 11.3. The third-order valence-corrected chi connectivity index (χ3v) is 3.46. The summed E-state index contributed by atoms with van der Waals surface area (Å²) in [5, 5.41) is 3.76. The summed E-state index contributed by atoms with van der Waals surface area (Å²) < 4.78 is 48.2. The van der Waals surface area contributed by atoms with Crippen LogP contribution in [0.15, 0.2) is 47.6 Å². The molecule has 2 aromatic rings. The van der Waals surface area contributed by atoms with E-state index in [0.717, 1.165) is 12.1 Å². The van der Waals surface area contributed by atoms with Gasteiger partial charge in [0.1, 0.15) is 0 Å². The van der Waals surface area contributed by atoms with Crippen LogP contribution in [0.4, 0.5) is 13.2 Å². The highest BCUT2D eigenvalue weighted by molar-refractivity contribution is 5.84. The van der Waals surface area contributed by atoms with Gasteiger partial charge in [0, 0.05) is 6.92 Å². The number of methoxy groups -OCH3 is 1. The Hall–Kier alpha value is -3.36. The van der Waals surface area contributed by atoms with Gasteiger partial charge in [-0.25, -0.2) is 5.43 Å². The van der Waals surface area contributed by atoms with Crippen LogP contribution in [0.1, 0.15) is 23.6 Å². The van der Waals surface area contributed by atoms with E-state index in [9.17, 15) is 22.8 Å². The van der Waals surface area contributed by atoms with Crippen molar-refractivity contribution in [2.75, 3.05) is 7.11 Å². The fourth-order valence-electron chi connectivity index (χ4n) is 2.26. The molecule has 1 N–H and O–H groups in total. The third-order valence-electron chi connectivity index (χ3n) is 3.46. The smallest absolute Gasteiger partial charge is 0.416 e. The number of carbonyl (C=O) groups is 2. The number of alkyl halides is 3. The maximum Gasteiger partial charge on any atom is 0.416 e. The number of nitrogens with zero attached hydrogens (tertiary/aromatic N) is 1. The lowest BCUT2D eigenvalue weighted by molar-refractivity contribution is -0.137. The predicted molar refractivity (Wildman–Crippen MR) is 95.2 cm³/mol. The summed E-state index contributed by atoms with van der Waals surface area (Å²) in [6.07, 6.45) is -3.40. The van der Waals surface area contributed by atoms with Gasteiger partial charge in [-0.3, -0.25) is 9.59 Å². The fraction of sp³-hybridized carbons (Fsp3) is 0.211. The van der Waals surface area contributed by atoms with Gasteiger partial charge in [0.2, 0.25) is 5.91 Å². The first kappa shape index (κ1) is 20.9. The molecule has 0 aliphatic carbocycles. The Morgan fingerprint density at radius 3 is 2.54 bits per heavy atom. The summed E-state index contributed by atoms with van der Waals surface area (Å²) in [6, 6.07) is 9.16. The van der Waals surface area contributed by atoms with E-state index < -0.39 is 23.6 Å². The van der Waals surface area contributed by atoms with Crippen molar-refractivity contribution >= 4 is 18.1 Å². The zero-order chi connectivity index (χ0) is 20.7. The first-order chi connectivity index (χ1) is 13.2. The Kier molecular flexibility index (Phi) is 6.75. The van der Waals surface area contributed by atoms with E-state index in [1.807, 2.05) is 0 Å². The molecule has 0 saturated heterocycles. The van der Waals surface area contributed by atoms with Crippen molar-refractivity contribution in [3.63, 3.8) is 0 Å². The molecule has 0 radical (unpaired) electrons. The monoisotopic (exact) mass is 394 g/mol. The Morgan fingerprint density at radius 2 is 1.89 bits per heavy atom. The summed E-state index contributed by atoms with van der Waals surface area (Å²) in [4.78, 5) is 22.9. The van der Waals surface area contributed by atoms with Crippen LogP contribution in [-0.2, 0) is 22.2 Å². The average Bonchev–Trinajstić information content (AvgIpc) is 2.62. The van der Waals surface area contributed by atoms with Crippen LogP contribution in [-0.4, -0.2) is 25.2 Å². The molecule has 2 aromatic carbocycles. The van der Waals surface area contributed by atoms with Crippen LogP contribution < -0.4 is 14.9 Å². The number of ether oxygens (including phenoxy) is 2. The van der Waals surface area contributed by atoms with Gasteiger partial charge in [0.15, 0.2) is 11.5 Å². The number of nitrogens with one attached hydrogen (secondary N) is 1. The summed E-state index contributed by atoms with van der Waals surface area (Å²) in [6.45, 7) is 1.26. The van der Waals surface area contributed by atoms with Crippen molar-refractivity contribution in [1.82, 2.24) is 5.43 Å². The summed E-state index contributed by atoms with van der Waals surface area (Å²) in [5.74, 6) is -0.532. The topological polar surface area (TPSA) is 77.0 Å². The Bertz CT molecular complexity index is 895. The van der Waals surface area contributed by atoms with E-state index in [4.69, 9.17) is 9.47 Å². The molecule has 1 amide bonds. The molecule has 0 atom stereocenters. The van der Waals surface area contributed by atoms with Crippen molar-refractivity contribution < 1.29 is 32.2 Å². The van der Waals surface area contributed by atoms with E-state index in [-0.39, 0.29) is 17.7 Å². The van der Waals surface area contributed by atoms with Crippen LogP contribution in [0.5, 0.6) is 11.5 Å². The zero-order valence-corrected chi connectivity index (χ0v) is 15.0. The molecule has 0 saturated carbocycles. The molecule has 0 spiro atoms. The van der Waals surface area contributed by atoms with Gasteiger partial charge >= 0.3 is 12.1 Å². The summed E-state index contributed by atoms with van der Waals surface area (Å²) in [7, 11) is 1.40. The molecule has 6 nitrogen and oxygen atoms in total. The molecule has 0 heterocycles. The van der Waals surface area contributed by atoms with Crippen LogP contribution in [0.25, 0.3) is 0 Å². The van der Waals surface area contributed by atoms with Gasteiger partial charge in [-0.1, -0.05) is 18.2 Å². The number of carbonyl (C=O) groups excluding carboxylic acids is 2. The highest BCUT2D eigenvalue weighted by Crippen LogP contribution is 2.29.